The van der Waals surface area contributed by atoms with Crippen molar-refractivity contribution in [2.75, 3.05) is 13.6 Å². The van der Waals surface area contributed by atoms with Crippen molar-refractivity contribution in [1.29, 1.82) is 5.26 Å². The summed E-state index contributed by atoms with van der Waals surface area (Å²) in [6.07, 6.45) is 0. The Balaban J connectivity index is 2.80. The summed E-state index contributed by atoms with van der Waals surface area (Å²) >= 11 is 0. The van der Waals surface area contributed by atoms with E-state index < -0.39 is 11.8 Å². The van der Waals surface area contributed by atoms with E-state index in [1.165, 1.54) is 23.1 Å². The summed E-state index contributed by atoms with van der Waals surface area (Å²) in [6.45, 7) is -0.0100. The molecule has 0 atom stereocenters. The minimum atomic E-state index is -0.973. The largest absolute Gasteiger partial charge is 0.480 e. The van der Waals surface area contributed by atoms with Crippen LogP contribution in [-0.2, 0) is 11.3 Å². The number of carbonyl (C=O) groups is 1. The molecule has 1 aromatic rings. The van der Waals surface area contributed by atoms with Gasteiger partial charge in [-0.1, -0.05) is 0 Å². The van der Waals surface area contributed by atoms with Crippen molar-refractivity contribution in [3.63, 3.8) is 0 Å². The fourth-order valence-electron chi connectivity index (χ4n) is 1.34. The lowest BCUT2D eigenvalue weighted by molar-refractivity contribution is -0.138. The van der Waals surface area contributed by atoms with E-state index in [0.717, 1.165) is 0 Å². The first-order valence-electron chi connectivity index (χ1n) is 4.62. The number of carboxylic acids is 1. The van der Waals surface area contributed by atoms with Crippen LogP contribution >= 0.6 is 0 Å². The quantitative estimate of drug-likeness (QED) is 0.831. The van der Waals surface area contributed by atoms with Crippen LogP contribution in [0.3, 0.4) is 0 Å². The number of hydrogen-bond acceptors (Lipinski definition) is 3. The molecule has 16 heavy (non-hydrogen) atoms. The van der Waals surface area contributed by atoms with Gasteiger partial charge in [-0.2, -0.15) is 5.26 Å². The smallest absolute Gasteiger partial charge is 0.317 e. The number of carboxylic acid groups (broad SMARTS) is 1. The zero-order chi connectivity index (χ0) is 12.1. The van der Waals surface area contributed by atoms with Crippen molar-refractivity contribution in [2.45, 2.75) is 6.54 Å². The SMILES string of the molecule is CN(CC(=O)O)Cc1cc(C#N)ccc1F. The van der Waals surface area contributed by atoms with E-state index in [0.29, 0.717) is 11.1 Å². The minimum absolute atomic E-state index is 0.160. The Hall–Kier alpha value is -1.93. The summed E-state index contributed by atoms with van der Waals surface area (Å²) in [5.74, 6) is -1.41. The molecule has 5 heteroatoms. The first kappa shape index (κ1) is 12.1. The van der Waals surface area contributed by atoms with Gasteiger partial charge in [0.1, 0.15) is 5.82 Å². The summed E-state index contributed by atoms with van der Waals surface area (Å²) in [4.78, 5) is 11.9. The molecule has 1 aromatic carbocycles. The normalized spacial score (nSPS) is 10.1. The van der Waals surface area contributed by atoms with Crippen LogP contribution in [0.2, 0.25) is 0 Å². The van der Waals surface area contributed by atoms with Crippen LogP contribution in [0.4, 0.5) is 4.39 Å². The van der Waals surface area contributed by atoms with Gasteiger partial charge in [0.05, 0.1) is 18.2 Å². The van der Waals surface area contributed by atoms with Crippen LogP contribution in [-0.4, -0.2) is 29.6 Å². The molecule has 0 unspecified atom stereocenters. The van der Waals surface area contributed by atoms with E-state index in [9.17, 15) is 9.18 Å². The average molecular weight is 222 g/mol. The number of aliphatic carboxylic acids is 1. The fourth-order valence-corrected chi connectivity index (χ4v) is 1.34. The lowest BCUT2D eigenvalue weighted by Gasteiger charge is -2.14. The first-order chi connectivity index (χ1) is 7.52. The van der Waals surface area contributed by atoms with Crippen molar-refractivity contribution < 1.29 is 14.3 Å². The van der Waals surface area contributed by atoms with E-state index >= 15 is 0 Å². The van der Waals surface area contributed by atoms with Crippen LogP contribution < -0.4 is 0 Å². The highest BCUT2D eigenvalue weighted by atomic mass is 19.1. The molecule has 0 aromatic heterocycles. The van der Waals surface area contributed by atoms with Crippen LogP contribution in [0.25, 0.3) is 0 Å². The minimum Gasteiger partial charge on any atom is -0.480 e. The van der Waals surface area contributed by atoms with Crippen LogP contribution in [0.5, 0.6) is 0 Å². The van der Waals surface area contributed by atoms with Gasteiger partial charge in [0.2, 0.25) is 0 Å². The highest BCUT2D eigenvalue weighted by Crippen LogP contribution is 2.11. The predicted octanol–water partition coefficient (Wildman–Crippen LogP) is 1.21. The molecule has 0 bridgehead atoms. The summed E-state index contributed by atoms with van der Waals surface area (Å²) in [5, 5.41) is 17.2. The second-order valence-corrected chi connectivity index (χ2v) is 3.48. The van der Waals surface area contributed by atoms with Gasteiger partial charge in [-0.3, -0.25) is 9.69 Å². The van der Waals surface area contributed by atoms with Crippen molar-refractivity contribution in [3.8, 4) is 6.07 Å². The molecule has 1 N–H and O–H groups in total. The number of nitriles is 1. The number of benzene rings is 1. The van der Waals surface area contributed by atoms with E-state index in [-0.39, 0.29) is 13.1 Å². The zero-order valence-corrected chi connectivity index (χ0v) is 8.77. The lowest BCUT2D eigenvalue weighted by atomic mass is 10.1. The molecule has 0 aliphatic rings. The molecular formula is C11H11FN2O2. The standard InChI is InChI=1S/C11H11FN2O2/c1-14(7-11(15)16)6-9-4-8(5-13)2-3-10(9)12/h2-4H,6-7H2,1H3,(H,15,16). The van der Waals surface area contributed by atoms with E-state index in [4.69, 9.17) is 10.4 Å². The molecule has 0 aliphatic carbocycles. The Bertz CT molecular complexity index is 440. The highest BCUT2D eigenvalue weighted by molar-refractivity contribution is 5.69. The monoisotopic (exact) mass is 222 g/mol. The molecule has 1 rings (SSSR count). The third kappa shape index (κ3) is 3.33. The van der Waals surface area contributed by atoms with E-state index in [1.54, 1.807) is 7.05 Å². The van der Waals surface area contributed by atoms with Gasteiger partial charge in [-0.05, 0) is 25.2 Å². The van der Waals surface area contributed by atoms with Gasteiger partial charge < -0.3 is 5.11 Å². The van der Waals surface area contributed by atoms with Gasteiger partial charge in [0.15, 0.2) is 0 Å². The van der Waals surface area contributed by atoms with Crippen molar-refractivity contribution >= 4 is 5.97 Å². The average Bonchev–Trinajstić information content (AvgIpc) is 2.20. The Labute approximate surface area is 92.5 Å². The second-order valence-electron chi connectivity index (χ2n) is 3.48. The third-order valence-electron chi connectivity index (χ3n) is 2.02. The Morgan fingerprint density at radius 3 is 2.88 bits per heavy atom. The summed E-state index contributed by atoms with van der Waals surface area (Å²) < 4.78 is 13.3. The van der Waals surface area contributed by atoms with Crippen LogP contribution in [0.1, 0.15) is 11.1 Å². The molecule has 4 nitrogen and oxygen atoms in total. The third-order valence-corrected chi connectivity index (χ3v) is 2.02. The van der Waals surface area contributed by atoms with Gasteiger partial charge in [-0.25, -0.2) is 4.39 Å². The predicted molar refractivity (Wildman–Crippen MR) is 55.1 cm³/mol. The maximum atomic E-state index is 13.3. The molecule has 0 amide bonds. The van der Waals surface area contributed by atoms with Gasteiger partial charge in [0.25, 0.3) is 0 Å². The van der Waals surface area contributed by atoms with E-state index in [2.05, 4.69) is 0 Å². The van der Waals surface area contributed by atoms with Crippen molar-refractivity contribution in [1.82, 2.24) is 4.90 Å². The molecule has 0 heterocycles. The fraction of sp³-hybridized carbons (Fsp3) is 0.273. The molecular weight excluding hydrogens is 211 g/mol. The molecule has 0 aliphatic heterocycles. The summed E-state index contributed by atoms with van der Waals surface area (Å²) in [5.41, 5.74) is 0.683. The zero-order valence-electron chi connectivity index (χ0n) is 8.77. The van der Waals surface area contributed by atoms with Gasteiger partial charge in [0, 0.05) is 12.1 Å². The Morgan fingerprint density at radius 1 is 1.62 bits per heavy atom. The summed E-state index contributed by atoms with van der Waals surface area (Å²) in [6, 6.07) is 5.93. The Morgan fingerprint density at radius 2 is 2.31 bits per heavy atom. The number of nitrogens with zero attached hydrogens (tertiary/aromatic N) is 2. The van der Waals surface area contributed by atoms with Gasteiger partial charge >= 0.3 is 5.97 Å². The number of likely N-dealkylation sites (N-methyl/N-ethyl adjacent to an activating group) is 1. The topological polar surface area (TPSA) is 64.3 Å². The molecule has 0 spiro atoms. The van der Waals surface area contributed by atoms with E-state index in [1.807, 2.05) is 6.07 Å². The number of rotatable bonds is 4. The Kier molecular flexibility index (Phi) is 3.97. The number of hydrogen-bond donors (Lipinski definition) is 1. The number of halogens is 1. The molecule has 0 radical (unpaired) electrons. The molecule has 0 saturated carbocycles. The highest BCUT2D eigenvalue weighted by Gasteiger charge is 2.09. The first-order valence-corrected chi connectivity index (χ1v) is 4.62. The maximum absolute atomic E-state index is 13.3. The lowest BCUT2D eigenvalue weighted by Crippen LogP contribution is -2.25. The molecule has 84 valence electrons. The van der Waals surface area contributed by atoms with Crippen molar-refractivity contribution in [3.05, 3.63) is 35.1 Å². The van der Waals surface area contributed by atoms with Gasteiger partial charge in [-0.15, -0.1) is 0 Å². The van der Waals surface area contributed by atoms with Crippen molar-refractivity contribution in [2.24, 2.45) is 0 Å². The summed E-state index contributed by atoms with van der Waals surface area (Å²) in [7, 11) is 1.58. The maximum Gasteiger partial charge on any atom is 0.317 e. The molecule has 0 fully saturated rings. The van der Waals surface area contributed by atoms with Crippen LogP contribution in [0.15, 0.2) is 18.2 Å². The molecule has 0 saturated heterocycles. The second kappa shape index (κ2) is 5.24. The van der Waals surface area contributed by atoms with Crippen LogP contribution in [0, 0.1) is 17.1 Å².